The predicted molar refractivity (Wildman–Crippen MR) is 172 cm³/mol. The van der Waals surface area contributed by atoms with Crippen LogP contribution in [0.25, 0.3) is 0 Å². The number of ether oxygens (including phenoxy) is 2. The van der Waals surface area contributed by atoms with Gasteiger partial charge in [-0.1, -0.05) is 79.9 Å². The number of benzene rings is 4. The van der Waals surface area contributed by atoms with Gasteiger partial charge in [-0.25, -0.2) is 4.99 Å². The molecule has 2 atom stereocenters. The molecule has 0 bridgehead atoms. The standard InChI is InChI=1S/C33H29Br2ClN2O4/c34-26-11-5-22(6-12-26)20-33(32(40)37-21-23-3-1-4-28(36)19-23)30(24-7-13-27(35)14-8-24)42-31(38-33)25-9-15-29(16-10-25)41-18-2-17-39/h1,3-16,19,30,39H,2,17-18,20-21H2,(H,37,40)/t30-,33-/m1/s1. The van der Waals surface area contributed by atoms with Crippen LogP contribution in [-0.4, -0.2) is 35.7 Å². The van der Waals surface area contributed by atoms with Crippen molar-refractivity contribution in [3.8, 4) is 5.75 Å². The number of rotatable bonds is 11. The van der Waals surface area contributed by atoms with Gasteiger partial charge in [0.1, 0.15) is 5.75 Å². The molecule has 4 aromatic rings. The first kappa shape index (κ1) is 30.3. The van der Waals surface area contributed by atoms with E-state index in [2.05, 4.69) is 37.2 Å². The van der Waals surface area contributed by atoms with Crippen LogP contribution in [0.5, 0.6) is 5.75 Å². The van der Waals surface area contributed by atoms with Gasteiger partial charge in [0.2, 0.25) is 5.90 Å². The second-order valence-corrected chi connectivity index (χ2v) is 12.2. The van der Waals surface area contributed by atoms with Crippen LogP contribution >= 0.6 is 43.5 Å². The van der Waals surface area contributed by atoms with Crippen LogP contribution in [0.4, 0.5) is 0 Å². The van der Waals surface area contributed by atoms with Gasteiger partial charge in [0.05, 0.1) is 6.61 Å². The zero-order valence-electron chi connectivity index (χ0n) is 22.6. The van der Waals surface area contributed by atoms with Gasteiger partial charge in [0, 0.05) is 45.5 Å². The van der Waals surface area contributed by atoms with Crippen molar-refractivity contribution in [2.75, 3.05) is 13.2 Å². The van der Waals surface area contributed by atoms with Crippen LogP contribution in [0.1, 0.15) is 34.8 Å². The number of carbonyl (C=O) groups excluding carboxylic acids is 1. The lowest BCUT2D eigenvalue weighted by Crippen LogP contribution is -2.49. The third-order valence-corrected chi connectivity index (χ3v) is 8.22. The van der Waals surface area contributed by atoms with Gasteiger partial charge in [-0.05, 0) is 77.4 Å². The molecule has 2 N–H and O–H groups in total. The maximum Gasteiger partial charge on any atom is 0.252 e. The second-order valence-electron chi connectivity index (χ2n) is 9.96. The third-order valence-electron chi connectivity index (χ3n) is 6.93. The molecule has 1 aliphatic rings. The highest BCUT2D eigenvalue weighted by Crippen LogP contribution is 2.43. The zero-order valence-corrected chi connectivity index (χ0v) is 26.5. The lowest BCUT2D eigenvalue weighted by Gasteiger charge is -2.31. The molecule has 1 amide bonds. The maximum absolute atomic E-state index is 14.3. The monoisotopic (exact) mass is 710 g/mol. The fourth-order valence-electron chi connectivity index (χ4n) is 4.82. The Labute approximate surface area is 267 Å². The van der Waals surface area contributed by atoms with E-state index < -0.39 is 11.6 Å². The molecule has 0 aromatic heterocycles. The van der Waals surface area contributed by atoms with Crippen molar-refractivity contribution in [2.45, 2.75) is 31.0 Å². The Bertz CT molecular complexity index is 1550. The first-order chi connectivity index (χ1) is 20.4. The summed E-state index contributed by atoms with van der Waals surface area (Å²) < 4.78 is 14.1. The Balaban J connectivity index is 1.55. The van der Waals surface area contributed by atoms with Gasteiger partial charge >= 0.3 is 0 Å². The summed E-state index contributed by atoms with van der Waals surface area (Å²) in [5.74, 6) is 0.799. The Hall–Kier alpha value is -3.17. The van der Waals surface area contributed by atoms with E-state index in [1.54, 1.807) is 6.07 Å². The summed E-state index contributed by atoms with van der Waals surface area (Å²) in [6, 6.07) is 30.5. The summed E-state index contributed by atoms with van der Waals surface area (Å²) in [6.45, 7) is 0.779. The number of nitrogens with zero attached hydrogens (tertiary/aromatic N) is 1. The number of aliphatic hydroxyl groups is 1. The first-order valence-electron chi connectivity index (χ1n) is 13.5. The van der Waals surface area contributed by atoms with E-state index in [0.29, 0.717) is 42.7 Å². The smallest absolute Gasteiger partial charge is 0.252 e. The van der Waals surface area contributed by atoms with Gasteiger partial charge < -0.3 is 19.9 Å². The van der Waals surface area contributed by atoms with E-state index in [0.717, 1.165) is 31.2 Å². The third kappa shape index (κ3) is 7.24. The molecule has 0 saturated heterocycles. The fraction of sp³-hybridized carbons (Fsp3) is 0.212. The van der Waals surface area contributed by atoms with Gasteiger partial charge in [-0.3, -0.25) is 4.79 Å². The second kappa shape index (κ2) is 13.9. The highest BCUT2D eigenvalue weighted by Gasteiger charge is 2.53. The minimum absolute atomic E-state index is 0.0694. The SMILES string of the molecule is O=C(NCc1cccc(Cl)c1)[C@]1(Cc2ccc(Br)cc2)N=C(c2ccc(OCCCO)cc2)O[C@@H]1c1ccc(Br)cc1. The minimum Gasteiger partial charge on any atom is -0.494 e. The molecule has 4 aromatic carbocycles. The Kier molecular flexibility index (Phi) is 10.0. The molecule has 1 aliphatic heterocycles. The number of halogens is 3. The number of carbonyl (C=O) groups is 1. The molecule has 0 saturated carbocycles. The Morgan fingerprint density at radius 2 is 1.64 bits per heavy atom. The first-order valence-corrected chi connectivity index (χ1v) is 15.5. The number of nitrogens with one attached hydrogen (secondary N) is 1. The lowest BCUT2D eigenvalue weighted by atomic mass is 9.82. The molecule has 0 radical (unpaired) electrons. The van der Waals surface area contributed by atoms with Crippen LogP contribution in [0.15, 0.2) is 111 Å². The zero-order chi connectivity index (χ0) is 29.5. The molecule has 0 spiro atoms. The van der Waals surface area contributed by atoms with Crippen molar-refractivity contribution in [3.63, 3.8) is 0 Å². The highest BCUT2D eigenvalue weighted by molar-refractivity contribution is 9.10. The molecule has 9 heteroatoms. The Morgan fingerprint density at radius 3 is 2.31 bits per heavy atom. The predicted octanol–water partition coefficient (Wildman–Crippen LogP) is 7.44. The lowest BCUT2D eigenvalue weighted by molar-refractivity contribution is -0.129. The van der Waals surface area contributed by atoms with E-state index in [9.17, 15) is 4.79 Å². The van der Waals surface area contributed by atoms with Crippen molar-refractivity contribution >= 4 is 55.3 Å². The number of hydrogen-bond donors (Lipinski definition) is 2. The summed E-state index contributed by atoms with van der Waals surface area (Å²) >= 11 is 13.2. The fourth-order valence-corrected chi connectivity index (χ4v) is 5.56. The molecular formula is C33H29Br2ClN2O4. The summed E-state index contributed by atoms with van der Waals surface area (Å²) in [7, 11) is 0. The summed E-state index contributed by atoms with van der Waals surface area (Å²) in [5.41, 5.74) is 2.09. The van der Waals surface area contributed by atoms with Crippen molar-refractivity contribution in [3.05, 3.63) is 133 Å². The molecule has 5 rings (SSSR count). The van der Waals surface area contributed by atoms with Gasteiger partial charge in [0.25, 0.3) is 5.91 Å². The van der Waals surface area contributed by atoms with Crippen LogP contribution in [-0.2, 0) is 22.5 Å². The average molecular weight is 713 g/mol. The van der Waals surface area contributed by atoms with E-state index in [4.69, 9.17) is 31.2 Å². The van der Waals surface area contributed by atoms with Gasteiger partial charge in [-0.2, -0.15) is 0 Å². The van der Waals surface area contributed by atoms with E-state index in [1.165, 1.54) is 0 Å². The topological polar surface area (TPSA) is 80.2 Å². The quantitative estimate of drug-likeness (QED) is 0.159. The van der Waals surface area contributed by atoms with Crippen LogP contribution in [0.2, 0.25) is 5.02 Å². The number of hydrogen-bond acceptors (Lipinski definition) is 5. The number of aliphatic hydroxyl groups excluding tert-OH is 1. The van der Waals surface area contributed by atoms with Crippen molar-refractivity contribution in [1.29, 1.82) is 0 Å². The molecule has 0 fully saturated rings. The highest BCUT2D eigenvalue weighted by atomic mass is 79.9. The molecule has 0 aliphatic carbocycles. The van der Waals surface area contributed by atoms with Crippen LogP contribution in [0, 0.1) is 0 Å². The molecular weight excluding hydrogens is 684 g/mol. The number of aliphatic imine (C=N–C) groups is 1. The van der Waals surface area contributed by atoms with Gasteiger partial charge in [-0.15, -0.1) is 0 Å². The van der Waals surface area contributed by atoms with Gasteiger partial charge in [0.15, 0.2) is 11.6 Å². The number of amides is 1. The average Bonchev–Trinajstić information content (AvgIpc) is 3.38. The van der Waals surface area contributed by atoms with Crippen molar-refractivity contribution in [2.24, 2.45) is 4.99 Å². The molecule has 1 heterocycles. The maximum atomic E-state index is 14.3. The van der Waals surface area contributed by atoms with E-state index in [1.807, 2.05) is 91.0 Å². The minimum atomic E-state index is -1.30. The Morgan fingerprint density at radius 1 is 0.952 bits per heavy atom. The molecule has 6 nitrogen and oxygen atoms in total. The van der Waals surface area contributed by atoms with E-state index in [-0.39, 0.29) is 12.5 Å². The normalized spacial score (nSPS) is 17.8. The van der Waals surface area contributed by atoms with E-state index >= 15 is 0 Å². The van der Waals surface area contributed by atoms with Crippen LogP contribution < -0.4 is 10.1 Å². The summed E-state index contributed by atoms with van der Waals surface area (Å²) in [5, 5.41) is 12.8. The summed E-state index contributed by atoms with van der Waals surface area (Å²) in [4.78, 5) is 19.4. The van der Waals surface area contributed by atoms with Crippen molar-refractivity contribution in [1.82, 2.24) is 5.32 Å². The summed E-state index contributed by atoms with van der Waals surface area (Å²) in [6.07, 6.45) is 0.174. The van der Waals surface area contributed by atoms with Crippen molar-refractivity contribution < 1.29 is 19.4 Å². The largest absolute Gasteiger partial charge is 0.494 e. The van der Waals surface area contributed by atoms with Crippen LogP contribution in [0.3, 0.4) is 0 Å². The molecule has 42 heavy (non-hydrogen) atoms. The molecule has 216 valence electrons. The molecule has 0 unspecified atom stereocenters.